The van der Waals surface area contributed by atoms with Crippen molar-refractivity contribution in [2.45, 2.75) is 64.6 Å². The van der Waals surface area contributed by atoms with Gasteiger partial charge in [-0.1, -0.05) is 36.2 Å². The maximum atomic E-state index is 10.0. The summed E-state index contributed by atoms with van der Waals surface area (Å²) in [5.74, 6) is 1.24. The van der Waals surface area contributed by atoms with E-state index >= 15 is 0 Å². The van der Waals surface area contributed by atoms with Gasteiger partial charge in [-0.25, -0.2) is 0 Å². The molecule has 1 saturated heterocycles. The van der Waals surface area contributed by atoms with E-state index < -0.39 is 0 Å². The average Bonchev–Trinajstić information content (AvgIpc) is 3.06. The molecule has 0 amide bonds. The summed E-state index contributed by atoms with van der Waals surface area (Å²) in [4.78, 5) is 7.30. The maximum Gasteiger partial charge on any atom is 0.191 e. The van der Waals surface area contributed by atoms with Gasteiger partial charge in [-0.3, -0.25) is 9.89 Å². The highest BCUT2D eigenvalue weighted by molar-refractivity contribution is 5.80. The molecule has 3 N–H and O–H groups in total. The van der Waals surface area contributed by atoms with Crippen molar-refractivity contribution in [2.75, 3.05) is 26.2 Å². The van der Waals surface area contributed by atoms with Crippen LogP contribution in [-0.2, 0) is 6.54 Å². The summed E-state index contributed by atoms with van der Waals surface area (Å²) in [6.07, 6.45) is 5.28. The standard InChI is InChI=1S/C22H36N4O/c1-3-23-22(24-15-19-8-5-9-21(19)27)25-20-10-12-26(13-11-20)16-18-7-4-6-17(2)14-18/h4,6-7,14,19-21,27H,3,5,8-13,15-16H2,1-2H3,(H2,23,24,25). The molecule has 150 valence electrons. The molecule has 0 bridgehead atoms. The number of hydrogen-bond acceptors (Lipinski definition) is 3. The van der Waals surface area contributed by atoms with Crippen LogP contribution in [0.2, 0.25) is 0 Å². The van der Waals surface area contributed by atoms with E-state index in [1.807, 2.05) is 0 Å². The number of guanidine groups is 1. The van der Waals surface area contributed by atoms with Crippen LogP contribution in [0.25, 0.3) is 0 Å². The van der Waals surface area contributed by atoms with Crippen LogP contribution in [0.5, 0.6) is 0 Å². The predicted molar refractivity (Wildman–Crippen MR) is 112 cm³/mol. The van der Waals surface area contributed by atoms with E-state index in [2.05, 4.69) is 53.6 Å². The van der Waals surface area contributed by atoms with Crippen LogP contribution < -0.4 is 10.6 Å². The number of likely N-dealkylation sites (tertiary alicyclic amines) is 1. The number of aliphatic hydroxyl groups excluding tert-OH is 1. The maximum absolute atomic E-state index is 10.0. The van der Waals surface area contributed by atoms with Crippen molar-refractivity contribution in [1.29, 1.82) is 0 Å². The minimum Gasteiger partial charge on any atom is -0.393 e. The minimum absolute atomic E-state index is 0.165. The van der Waals surface area contributed by atoms with Crippen molar-refractivity contribution < 1.29 is 5.11 Å². The van der Waals surface area contributed by atoms with Gasteiger partial charge in [0.05, 0.1) is 6.10 Å². The van der Waals surface area contributed by atoms with Gasteiger partial charge in [0.25, 0.3) is 0 Å². The first kappa shape index (κ1) is 20.2. The molecule has 0 radical (unpaired) electrons. The molecule has 1 aromatic carbocycles. The van der Waals surface area contributed by atoms with Crippen molar-refractivity contribution in [1.82, 2.24) is 15.5 Å². The SMILES string of the molecule is CCNC(=NCC1CCCC1O)NC1CCN(Cc2cccc(C)c2)CC1. The highest BCUT2D eigenvalue weighted by atomic mass is 16.3. The first-order valence-corrected chi connectivity index (χ1v) is 10.6. The van der Waals surface area contributed by atoms with E-state index in [-0.39, 0.29) is 6.10 Å². The highest BCUT2D eigenvalue weighted by Gasteiger charge is 2.25. The second kappa shape index (κ2) is 10.1. The summed E-state index contributed by atoms with van der Waals surface area (Å²) in [6, 6.07) is 9.30. The van der Waals surface area contributed by atoms with Crippen molar-refractivity contribution in [3.8, 4) is 0 Å². The van der Waals surface area contributed by atoms with Crippen LogP contribution in [0.15, 0.2) is 29.3 Å². The molecular weight excluding hydrogens is 336 g/mol. The van der Waals surface area contributed by atoms with Crippen LogP contribution in [0, 0.1) is 12.8 Å². The third-order valence-electron chi connectivity index (χ3n) is 5.86. The van der Waals surface area contributed by atoms with E-state index in [1.165, 1.54) is 11.1 Å². The fourth-order valence-electron chi connectivity index (χ4n) is 4.26. The van der Waals surface area contributed by atoms with Crippen LogP contribution in [0.3, 0.4) is 0 Å². The first-order valence-electron chi connectivity index (χ1n) is 10.6. The molecule has 27 heavy (non-hydrogen) atoms. The molecule has 2 unspecified atom stereocenters. The number of piperidine rings is 1. The Hall–Kier alpha value is -1.59. The molecule has 5 nitrogen and oxygen atoms in total. The molecular formula is C22H36N4O. The van der Waals surface area contributed by atoms with E-state index in [4.69, 9.17) is 4.99 Å². The number of rotatable bonds is 6. The smallest absolute Gasteiger partial charge is 0.191 e. The molecule has 0 aromatic heterocycles. The van der Waals surface area contributed by atoms with E-state index in [0.29, 0.717) is 12.0 Å². The summed E-state index contributed by atoms with van der Waals surface area (Å²) in [7, 11) is 0. The molecule has 2 atom stereocenters. The lowest BCUT2D eigenvalue weighted by Gasteiger charge is -2.33. The van der Waals surface area contributed by atoms with Crippen LogP contribution >= 0.6 is 0 Å². The fraction of sp³-hybridized carbons (Fsp3) is 0.682. The Balaban J connectivity index is 1.45. The molecule has 2 fully saturated rings. The topological polar surface area (TPSA) is 59.9 Å². The number of nitrogens with zero attached hydrogens (tertiary/aromatic N) is 2. The average molecular weight is 373 g/mol. The van der Waals surface area contributed by atoms with Crippen molar-refractivity contribution in [3.63, 3.8) is 0 Å². The Bertz CT molecular complexity index is 610. The number of nitrogens with one attached hydrogen (secondary N) is 2. The van der Waals surface area contributed by atoms with Gasteiger partial charge in [0, 0.05) is 44.7 Å². The molecule has 5 heteroatoms. The zero-order chi connectivity index (χ0) is 19.1. The number of hydrogen-bond donors (Lipinski definition) is 3. The molecule has 1 saturated carbocycles. The third-order valence-corrected chi connectivity index (χ3v) is 5.86. The quantitative estimate of drug-likeness (QED) is 0.531. The summed E-state index contributed by atoms with van der Waals surface area (Å²) in [5.41, 5.74) is 2.74. The third kappa shape index (κ3) is 6.22. The van der Waals surface area contributed by atoms with Gasteiger partial charge in [-0.05, 0) is 45.1 Å². The molecule has 0 spiro atoms. The lowest BCUT2D eigenvalue weighted by molar-refractivity contribution is 0.136. The van der Waals surface area contributed by atoms with Crippen molar-refractivity contribution in [2.24, 2.45) is 10.9 Å². The van der Waals surface area contributed by atoms with Crippen molar-refractivity contribution in [3.05, 3.63) is 35.4 Å². The van der Waals surface area contributed by atoms with Gasteiger partial charge in [-0.2, -0.15) is 0 Å². The van der Waals surface area contributed by atoms with Crippen LogP contribution in [0.4, 0.5) is 0 Å². The molecule has 1 heterocycles. The van der Waals surface area contributed by atoms with Crippen LogP contribution in [0.1, 0.15) is 50.2 Å². The predicted octanol–water partition coefficient (Wildman–Crippen LogP) is 2.68. The normalized spacial score (nSPS) is 24.9. The number of benzene rings is 1. The molecule has 1 aliphatic carbocycles. The monoisotopic (exact) mass is 372 g/mol. The second-order valence-corrected chi connectivity index (χ2v) is 8.16. The largest absolute Gasteiger partial charge is 0.393 e. The van der Waals surface area contributed by atoms with Crippen LogP contribution in [-0.4, -0.2) is 54.3 Å². The number of aliphatic hydroxyl groups is 1. The molecule has 2 aliphatic rings. The van der Waals surface area contributed by atoms with Gasteiger partial charge in [-0.15, -0.1) is 0 Å². The first-order chi connectivity index (χ1) is 13.1. The summed E-state index contributed by atoms with van der Waals surface area (Å²) < 4.78 is 0. The Morgan fingerprint density at radius 1 is 1.22 bits per heavy atom. The van der Waals surface area contributed by atoms with Gasteiger partial charge in [0.15, 0.2) is 5.96 Å². The highest BCUT2D eigenvalue weighted by Crippen LogP contribution is 2.25. The number of aryl methyl sites for hydroxylation is 1. The summed E-state index contributed by atoms with van der Waals surface area (Å²) in [6.45, 7) is 9.13. The van der Waals surface area contributed by atoms with Gasteiger partial charge in [0.1, 0.15) is 0 Å². The van der Waals surface area contributed by atoms with E-state index in [0.717, 1.165) is 70.8 Å². The van der Waals surface area contributed by atoms with Gasteiger partial charge < -0.3 is 15.7 Å². The Morgan fingerprint density at radius 2 is 2.04 bits per heavy atom. The van der Waals surface area contributed by atoms with E-state index in [9.17, 15) is 5.11 Å². The Labute approximate surface area is 164 Å². The van der Waals surface area contributed by atoms with Gasteiger partial charge in [0.2, 0.25) is 0 Å². The number of aliphatic imine (C=N–C) groups is 1. The molecule has 3 rings (SSSR count). The minimum atomic E-state index is -0.165. The zero-order valence-corrected chi connectivity index (χ0v) is 17.0. The molecule has 1 aromatic rings. The Kier molecular flexibility index (Phi) is 7.53. The molecule has 1 aliphatic heterocycles. The fourth-order valence-corrected chi connectivity index (χ4v) is 4.26. The summed E-state index contributed by atoms with van der Waals surface area (Å²) >= 11 is 0. The lowest BCUT2D eigenvalue weighted by Crippen LogP contribution is -2.48. The summed E-state index contributed by atoms with van der Waals surface area (Å²) in [5, 5.41) is 17.0. The second-order valence-electron chi connectivity index (χ2n) is 8.16. The van der Waals surface area contributed by atoms with Crippen molar-refractivity contribution >= 4 is 5.96 Å². The van der Waals surface area contributed by atoms with Gasteiger partial charge >= 0.3 is 0 Å². The lowest BCUT2D eigenvalue weighted by atomic mass is 10.0. The van der Waals surface area contributed by atoms with E-state index in [1.54, 1.807) is 0 Å². The zero-order valence-electron chi connectivity index (χ0n) is 17.0. The Morgan fingerprint density at radius 3 is 2.70 bits per heavy atom.